The summed E-state index contributed by atoms with van der Waals surface area (Å²) in [4.78, 5) is 13.6. The van der Waals surface area contributed by atoms with E-state index in [0.717, 1.165) is 51.1 Å². The Bertz CT molecular complexity index is 632. The molecule has 1 amide bonds. The molecule has 1 aliphatic carbocycles. The van der Waals surface area contributed by atoms with Gasteiger partial charge in [-0.2, -0.15) is 0 Å². The van der Waals surface area contributed by atoms with Crippen LogP contribution >= 0.6 is 0 Å². The van der Waals surface area contributed by atoms with Gasteiger partial charge in [0, 0.05) is 19.5 Å². The topological polar surface area (TPSA) is 55.6 Å². The van der Waals surface area contributed by atoms with Gasteiger partial charge in [-0.05, 0) is 56.1 Å². The molecule has 2 N–H and O–H groups in total. The molecule has 0 bridgehead atoms. The van der Waals surface area contributed by atoms with E-state index >= 15 is 0 Å². The molecule has 1 aromatic rings. The molecule has 0 radical (unpaired) electrons. The molecule has 3 rings (SSSR count). The summed E-state index contributed by atoms with van der Waals surface area (Å²) in [5.41, 5.74) is 6.67. The SMILES string of the molecule is CC(=O)N1CCCC(N)[C@@H]1CO[C@H]1CC[C@@H](c2cccc(F)c2F)CC1. The molecule has 4 nitrogen and oxygen atoms in total. The second kappa shape index (κ2) is 8.44. The molecule has 2 fully saturated rings. The monoisotopic (exact) mass is 366 g/mol. The Labute approximate surface area is 153 Å². The van der Waals surface area contributed by atoms with Crippen LogP contribution < -0.4 is 5.73 Å². The van der Waals surface area contributed by atoms with E-state index < -0.39 is 11.6 Å². The molecule has 1 saturated carbocycles. The fourth-order valence-electron chi connectivity index (χ4n) is 4.30. The first-order valence-electron chi connectivity index (χ1n) is 9.55. The van der Waals surface area contributed by atoms with Gasteiger partial charge in [0.25, 0.3) is 0 Å². The highest BCUT2D eigenvalue weighted by molar-refractivity contribution is 5.73. The molecule has 1 aromatic carbocycles. The second-order valence-electron chi connectivity index (χ2n) is 7.54. The lowest BCUT2D eigenvalue weighted by Gasteiger charge is -2.40. The lowest BCUT2D eigenvalue weighted by atomic mass is 9.82. The number of rotatable bonds is 4. The van der Waals surface area contributed by atoms with Crippen LogP contribution in [0.5, 0.6) is 0 Å². The van der Waals surface area contributed by atoms with Crippen LogP contribution in [0.15, 0.2) is 18.2 Å². The number of likely N-dealkylation sites (tertiary alicyclic amines) is 1. The predicted octanol–water partition coefficient (Wildman–Crippen LogP) is 3.35. The zero-order chi connectivity index (χ0) is 18.7. The smallest absolute Gasteiger partial charge is 0.219 e. The minimum atomic E-state index is -0.781. The average Bonchev–Trinajstić information content (AvgIpc) is 2.63. The number of halogens is 2. The van der Waals surface area contributed by atoms with Gasteiger partial charge in [0.1, 0.15) is 0 Å². The van der Waals surface area contributed by atoms with Crippen LogP contribution in [0.2, 0.25) is 0 Å². The van der Waals surface area contributed by atoms with Crippen molar-refractivity contribution in [3.63, 3.8) is 0 Å². The molecule has 1 saturated heterocycles. The lowest BCUT2D eigenvalue weighted by molar-refractivity contribution is -0.135. The molecule has 26 heavy (non-hydrogen) atoms. The molecule has 0 aromatic heterocycles. The van der Waals surface area contributed by atoms with E-state index in [2.05, 4.69) is 0 Å². The maximum absolute atomic E-state index is 14.0. The predicted molar refractivity (Wildman–Crippen MR) is 95.7 cm³/mol. The highest BCUT2D eigenvalue weighted by Gasteiger charge is 2.32. The minimum Gasteiger partial charge on any atom is -0.376 e. The van der Waals surface area contributed by atoms with Gasteiger partial charge < -0.3 is 15.4 Å². The Kier molecular flexibility index (Phi) is 6.24. The summed E-state index contributed by atoms with van der Waals surface area (Å²) < 4.78 is 33.5. The number of hydrogen-bond acceptors (Lipinski definition) is 3. The summed E-state index contributed by atoms with van der Waals surface area (Å²) >= 11 is 0. The van der Waals surface area contributed by atoms with Crippen molar-refractivity contribution in [2.45, 2.75) is 69.6 Å². The van der Waals surface area contributed by atoms with Crippen LogP contribution in [0, 0.1) is 11.6 Å². The Hall–Kier alpha value is -1.53. The lowest BCUT2D eigenvalue weighted by Crippen LogP contribution is -2.56. The maximum Gasteiger partial charge on any atom is 0.219 e. The zero-order valence-corrected chi connectivity index (χ0v) is 15.3. The van der Waals surface area contributed by atoms with E-state index in [4.69, 9.17) is 10.5 Å². The normalized spacial score (nSPS) is 29.6. The fourth-order valence-corrected chi connectivity index (χ4v) is 4.30. The standard InChI is InChI=1S/C20H28F2N2O2/c1-13(25)24-11-3-6-18(23)19(24)12-26-15-9-7-14(8-10-15)16-4-2-5-17(21)20(16)22/h2,4-5,14-15,18-19H,3,6-12,23H2,1H3/t14-,15+,18?,19-/m0/s1. The van der Waals surface area contributed by atoms with Crippen molar-refractivity contribution in [2.24, 2.45) is 5.73 Å². The highest BCUT2D eigenvalue weighted by atomic mass is 19.2. The number of carbonyl (C=O) groups is 1. The molecule has 1 heterocycles. The van der Waals surface area contributed by atoms with Gasteiger partial charge in [0.2, 0.25) is 5.91 Å². The number of hydrogen-bond donors (Lipinski definition) is 1. The number of ether oxygens (including phenoxy) is 1. The largest absolute Gasteiger partial charge is 0.376 e. The van der Waals surface area contributed by atoms with Crippen molar-refractivity contribution < 1.29 is 18.3 Å². The highest BCUT2D eigenvalue weighted by Crippen LogP contribution is 2.36. The minimum absolute atomic E-state index is 0.0382. The molecule has 1 unspecified atom stereocenters. The van der Waals surface area contributed by atoms with Gasteiger partial charge in [0.15, 0.2) is 11.6 Å². The quantitative estimate of drug-likeness (QED) is 0.889. The van der Waals surface area contributed by atoms with Gasteiger partial charge in [0.05, 0.1) is 18.8 Å². The Morgan fingerprint density at radius 3 is 2.65 bits per heavy atom. The third kappa shape index (κ3) is 4.23. The Balaban J connectivity index is 1.52. The summed E-state index contributed by atoms with van der Waals surface area (Å²) in [6.45, 7) is 2.76. The maximum atomic E-state index is 14.0. The first-order chi connectivity index (χ1) is 12.5. The van der Waals surface area contributed by atoms with E-state index in [0.29, 0.717) is 12.2 Å². The number of benzene rings is 1. The van der Waals surface area contributed by atoms with Crippen LogP contribution in [-0.2, 0) is 9.53 Å². The first-order valence-corrected chi connectivity index (χ1v) is 9.55. The molecule has 1 aliphatic heterocycles. The molecular formula is C20H28F2N2O2. The van der Waals surface area contributed by atoms with Crippen molar-refractivity contribution >= 4 is 5.91 Å². The molecule has 6 heteroatoms. The molecule has 2 aliphatic rings. The third-order valence-electron chi connectivity index (χ3n) is 5.83. The van der Waals surface area contributed by atoms with Crippen molar-refractivity contribution in [1.82, 2.24) is 4.90 Å². The van der Waals surface area contributed by atoms with E-state index in [1.807, 2.05) is 4.90 Å². The van der Waals surface area contributed by atoms with Crippen molar-refractivity contribution in [3.05, 3.63) is 35.4 Å². The Morgan fingerprint density at radius 2 is 1.96 bits per heavy atom. The second-order valence-corrected chi connectivity index (χ2v) is 7.54. The summed E-state index contributed by atoms with van der Waals surface area (Å²) in [6.07, 6.45) is 5.10. The van der Waals surface area contributed by atoms with Crippen LogP contribution in [0.1, 0.15) is 56.9 Å². The van der Waals surface area contributed by atoms with E-state index in [-0.39, 0.29) is 30.0 Å². The summed E-state index contributed by atoms with van der Waals surface area (Å²) in [5, 5.41) is 0. The zero-order valence-electron chi connectivity index (χ0n) is 15.3. The van der Waals surface area contributed by atoms with E-state index in [1.54, 1.807) is 19.1 Å². The summed E-state index contributed by atoms with van der Waals surface area (Å²) in [6, 6.07) is 4.28. The Morgan fingerprint density at radius 1 is 1.23 bits per heavy atom. The van der Waals surface area contributed by atoms with Crippen molar-refractivity contribution in [3.8, 4) is 0 Å². The number of nitrogens with zero attached hydrogens (tertiary/aromatic N) is 1. The van der Waals surface area contributed by atoms with Gasteiger partial charge in [-0.3, -0.25) is 4.79 Å². The van der Waals surface area contributed by atoms with Gasteiger partial charge in [-0.25, -0.2) is 8.78 Å². The van der Waals surface area contributed by atoms with Crippen LogP contribution in [-0.4, -0.2) is 42.1 Å². The summed E-state index contributed by atoms with van der Waals surface area (Å²) in [5.74, 6) is -1.42. The van der Waals surface area contributed by atoms with Crippen LogP contribution in [0.25, 0.3) is 0 Å². The fraction of sp³-hybridized carbons (Fsp3) is 0.650. The number of amides is 1. The third-order valence-corrected chi connectivity index (χ3v) is 5.83. The number of nitrogens with two attached hydrogens (primary N) is 1. The van der Waals surface area contributed by atoms with Gasteiger partial charge in [-0.15, -0.1) is 0 Å². The van der Waals surface area contributed by atoms with Crippen LogP contribution in [0.4, 0.5) is 8.78 Å². The number of piperidine rings is 1. The molecule has 0 spiro atoms. The summed E-state index contributed by atoms with van der Waals surface area (Å²) in [7, 11) is 0. The number of carbonyl (C=O) groups excluding carboxylic acids is 1. The van der Waals surface area contributed by atoms with Gasteiger partial charge >= 0.3 is 0 Å². The van der Waals surface area contributed by atoms with E-state index in [1.165, 1.54) is 0 Å². The molecular weight excluding hydrogens is 338 g/mol. The molecule has 2 atom stereocenters. The molecule has 144 valence electrons. The van der Waals surface area contributed by atoms with Crippen molar-refractivity contribution in [1.29, 1.82) is 0 Å². The van der Waals surface area contributed by atoms with Crippen LogP contribution in [0.3, 0.4) is 0 Å². The van der Waals surface area contributed by atoms with Gasteiger partial charge in [-0.1, -0.05) is 12.1 Å². The van der Waals surface area contributed by atoms with E-state index in [9.17, 15) is 13.6 Å². The average molecular weight is 366 g/mol. The first kappa shape index (κ1) is 19.2. The van der Waals surface area contributed by atoms with Crippen molar-refractivity contribution in [2.75, 3.05) is 13.2 Å².